The highest BCUT2D eigenvalue weighted by Gasteiger charge is 2.27. The molecule has 1 unspecified atom stereocenters. The van der Waals surface area contributed by atoms with Gasteiger partial charge in [0.15, 0.2) is 0 Å². The van der Waals surface area contributed by atoms with Gasteiger partial charge >= 0.3 is 5.97 Å². The first kappa shape index (κ1) is 27.9. The van der Waals surface area contributed by atoms with Crippen molar-refractivity contribution in [3.63, 3.8) is 0 Å². The standard InChI is InChI=1S/C25H38N4O4S/c1-4-18(2)22(27-12-10-20-15-26-17-28-20)16-33-23(14-19-8-6-5-7-9-19)24(30)29-21(25(31)32)11-13-34-3/h5-9,15,17-18,21-23,27H,4,10-14,16H2,1-3H3,(H,26,28)(H,29,30)(H,31,32)/t18-,21-,22+,23?/m0/s1. The Morgan fingerprint density at radius 3 is 2.65 bits per heavy atom. The van der Waals surface area contributed by atoms with Gasteiger partial charge in [0.25, 0.3) is 0 Å². The average molecular weight is 491 g/mol. The van der Waals surface area contributed by atoms with Gasteiger partial charge in [0.05, 0.1) is 12.9 Å². The number of hydrogen-bond donors (Lipinski definition) is 4. The summed E-state index contributed by atoms with van der Waals surface area (Å²) in [5, 5.41) is 15.8. The Labute approximate surface area is 206 Å². The van der Waals surface area contributed by atoms with Crippen LogP contribution in [0.25, 0.3) is 0 Å². The number of thioether (sulfide) groups is 1. The van der Waals surface area contributed by atoms with Gasteiger partial charge in [0.2, 0.25) is 5.91 Å². The molecule has 1 heterocycles. The summed E-state index contributed by atoms with van der Waals surface area (Å²) in [7, 11) is 0. The normalized spacial score (nSPS) is 14.8. The number of imidazole rings is 1. The van der Waals surface area contributed by atoms with Crippen molar-refractivity contribution in [2.75, 3.05) is 25.2 Å². The summed E-state index contributed by atoms with van der Waals surface area (Å²) < 4.78 is 6.17. The fraction of sp³-hybridized carbons (Fsp3) is 0.560. The maximum absolute atomic E-state index is 13.1. The van der Waals surface area contributed by atoms with E-state index in [1.807, 2.05) is 42.8 Å². The highest BCUT2D eigenvalue weighted by Crippen LogP contribution is 2.13. The molecule has 0 fully saturated rings. The van der Waals surface area contributed by atoms with Gasteiger partial charge < -0.3 is 25.5 Å². The van der Waals surface area contributed by atoms with E-state index < -0.39 is 24.0 Å². The summed E-state index contributed by atoms with van der Waals surface area (Å²) in [6.07, 6.45) is 7.14. The molecule has 1 aromatic carbocycles. The van der Waals surface area contributed by atoms with Gasteiger partial charge in [-0.15, -0.1) is 0 Å². The van der Waals surface area contributed by atoms with Crippen molar-refractivity contribution in [1.29, 1.82) is 0 Å². The number of nitrogens with zero attached hydrogens (tertiary/aromatic N) is 1. The molecule has 0 aliphatic heterocycles. The number of carboxylic acids is 1. The number of aliphatic carboxylic acids is 1. The molecule has 1 amide bonds. The fourth-order valence-corrected chi connectivity index (χ4v) is 4.03. The molecule has 2 aromatic rings. The molecule has 0 radical (unpaired) electrons. The maximum atomic E-state index is 13.1. The van der Waals surface area contributed by atoms with Crippen LogP contribution < -0.4 is 10.6 Å². The lowest BCUT2D eigenvalue weighted by Crippen LogP contribution is -2.49. The van der Waals surface area contributed by atoms with Gasteiger partial charge in [0, 0.05) is 37.3 Å². The number of aromatic nitrogens is 2. The molecule has 4 N–H and O–H groups in total. The van der Waals surface area contributed by atoms with Crippen LogP contribution in [0.15, 0.2) is 42.9 Å². The second kappa shape index (κ2) is 15.5. The van der Waals surface area contributed by atoms with Crippen LogP contribution in [0.2, 0.25) is 0 Å². The van der Waals surface area contributed by atoms with Gasteiger partial charge in [-0.1, -0.05) is 50.6 Å². The van der Waals surface area contributed by atoms with Gasteiger partial charge in [-0.3, -0.25) is 4.79 Å². The van der Waals surface area contributed by atoms with Crippen molar-refractivity contribution in [2.24, 2.45) is 5.92 Å². The maximum Gasteiger partial charge on any atom is 0.326 e. The van der Waals surface area contributed by atoms with Crippen molar-refractivity contribution in [1.82, 2.24) is 20.6 Å². The molecule has 34 heavy (non-hydrogen) atoms. The predicted molar refractivity (Wildman–Crippen MR) is 136 cm³/mol. The molecule has 0 saturated heterocycles. The summed E-state index contributed by atoms with van der Waals surface area (Å²) in [6.45, 7) is 5.40. The Kier molecular flexibility index (Phi) is 12.7. The number of carboxylic acid groups (broad SMARTS) is 1. The van der Waals surface area contributed by atoms with Gasteiger partial charge in [-0.05, 0) is 29.9 Å². The van der Waals surface area contributed by atoms with Crippen molar-refractivity contribution in [3.05, 3.63) is 54.1 Å². The van der Waals surface area contributed by atoms with Crippen molar-refractivity contribution in [2.45, 2.75) is 57.7 Å². The van der Waals surface area contributed by atoms with E-state index in [2.05, 4.69) is 34.4 Å². The van der Waals surface area contributed by atoms with Crippen LogP contribution in [0, 0.1) is 5.92 Å². The molecule has 0 saturated carbocycles. The molecule has 2 rings (SSSR count). The largest absolute Gasteiger partial charge is 0.480 e. The van der Waals surface area contributed by atoms with E-state index in [9.17, 15) is 14.7 Å². The third-order valence-electron chi connectivity index (χ3n) is 5.95. The second-order valence-electron chi connectivity index (χ2n) is 8.47. The molecule has 188 valence electrons. The van der Waals surface area contributed by atoms with Crippen LogP contribution in [0.4, 0.5) is 0 Å². The first-order valence-electron chi connectivity index (χ1n) is 11.8. The van der Waals surface area contributed by atoms with E-state index in [0.717, 1.165) is 30.6 Å². The van der Waals surface area contributed by atoms with Crippen LogP contribution >= 0.6 is 11.8 Å². The van der Waals surface area contributed by atoms with Gasteiger partial charge in [-0.25, -0.2) is 9.78 Å². The van der Waals surface area contributed by atoms with Gasteiger partial charge in [-0.2, -0.15) is 11.8 Å². The van der Waals surface area contributed by atoms with Crippen LogP contribution in [-0.2, 0) is 27.2 Å². The lowest BCUT2D eigenvalue weighted by Gasteiger charge is -2.27. The number of rotatable bonds is 17. The topological polar surface area (TPSA) is 116 Å². The molecular formula is C25H38N4O4S. The van der Waals surface area contributed by atoms with Crippen LogP contribution in [0.3, 0.4) is 0 Å². The highest BCUT2D eigenvalue weighted by molar-refractivity contribution is 7.98. The number of nitrogens with one attached hydrogen (secondary N) is 3. The molecular weight excluding hydrogens is 452 g/mol. The number of H-pyrrole nitrogens is 1. The Morgan fingerprint density at radius 2 is 2.03 bits per heavy atom. The molecule has 0 spiro atoms. The van der Waals surface area contributed by atoms with E-state index in [-0.39, 0.29) is 6.04 Å². The minimum Gasteiger partial charge on any atom is -0.480 e. The third-order valence-corrected chi connectivity index (χ3v) is 6.59. The highest BCUT2D eigenvalue weighted by atomic mass is 32.2. The fourth-order valence-electron chi connectivity index (χ4n) is 3.56. The first-order valence-corrected chi connectivity index (χ1v) is 13.2. The number of aromatic amines is 1. The predicted octanol–water partition coefficient (Wildman–Crippen LogP) is 2.91. The number of amides is 1. The molecule has 9 heteroatoms. The molecule has 0 aliphatic rings. The first-order chi connectivity index (χ1) is 16.4. The zero-order chi connectivity index (χ0) is 24.8. The van der Waals surface area contributed by atoms with E-state index >= 15 is 0 Å². The Balaban J connectivity index is 2.05. The number of ether oxygens (including phenoxy) is 1. The summed E-state index contributed by atoms with van der Waals surface area (Å²) >= 11 is 1.55. The van der Waals surface area contributed by atoms with Crippen LogP contribution in [0.5, 0.6) is 0 Å². The smallest absolute Gasteiger partial charge is 0.326 e. The Hall–Kier alpha value is -2.36. The van der Waals surface area contributed by atoms with E-state index in [1.165, 1.54) is 0 Å². The zero-order valence-electron chi connectivity index (χ0n) is 20.3. The van der Waals surface area contributed by atoms with Crippen LogP contribution in [0.1, 0.15) is 37.9 Å². The number of carbonyl (C=O) groups is 2. The summed E-state index contributed by atoms with van der Waals surface area (Å²) in [5.41, 5.74) is 2.02. The quantitative estimate of drug-likeness (QED) is 0.269. The Morgan fingerprint density at radius 1 is 1.26 bits per heavy atom. The minimum absolute atomic E-state index is 0.0609. The minimum atomic E-state index is -1.03. The Bertz CT molecular complexity index is 835. The lowest BCUT2D eigenvalue weighted by atomic mass is 9.99. The molecule has 8 nitrogen and oxygen atoms in total. The van der Waals surface area contributed by atoms with E-state index in [0.29, 0.717) is 31.1 Å². The van der Waals surface area contributed by atoms with Crippen molar-refractivity contribution < 1.29 is 19.4 Å². The average Bonchev–Trinajstić information content (AvgIpc) is 3.36. The van der Waals surface area contributed by atoms with Gasteiger partial charge in [0.1, 0.15) is 12.1 Å². The monoisotopic (exact) mass is 490 g/mol. The third kappa shape index (κ3) is 9.87. The molecule has 1 aromatic heterocycles. The van der Waals surface area contributed by atoms with E-state index in [1.54, 1.807) is 18.1 Å². The zero-order valence-corrected chi connectivity index (χ0v) is 21.1. The number of carbonyl (C=O) groups excluding carboxylic acids is 1. The summed E-state index contributed by atoms with van der Waals surface area (Å²) in [5.74, 6) is -0.426. The van der Waals surface area contributed by atoms with Crippen molar-refractivity contribution >= 4 is 23.6 Å². The van der Waals surface area contributed by atoms with E-state index in [4.69, 9.17) is 4.74 Å². The SMILES string of the molecule is CC[C@H](C)[C@@H](COC(Cc1ccccc1)C(=O)N[C@@H](CCSC)C(=O)O)NCCc1cnc[nH]1. The van der Waals surface area contributed by atoms with Crippen molar-refractivity contribution in [3.8, 4) is 0 Å². The summed E-state index contributed by atoms with van der Waals surface area (Å²) in [6, 6.07) is 8.78. The second-order valence-corrected chi connectivity index (χ2v) is 9.45. The molecule has 0 aliphatic carbocycles. The van der Waals surface area contributed by atoms with Crippen LogP contribution in [-0.4, -0.2) is 70.3 Å². The molecule has 4 atom stereocenters. The number of benzene rings is 1. The molecule has 0 bridgehead atoms. The lowest BCUT2D eigenvalue weighted by molar-refractivity contribution is -0.144. The number of hydrogen-bond acceptors (Lipinski definition) is 6. The summed E-state index contributed by atoms with van der Waals surface area (Å²) in [4.78, 5) is 31.9.